The van der Waals surface area contributed by atoms with Crippen LogP contribution in [0.3, 0.4) is 0 Å². The van der Waals surface area contributed by atoms with Gasteiger partial charge in [0.2, 0.25) is 17.7 Å². The summed E-state index contributed by atoms with van der Waals surface area (Å²) >= 11 is 25.5. The van der Waals surface area contributed by atoms with E-state index in [0.29, 0.717) is 39.3 Å². The summed E-state index contributed by atoms with van der Waals surface area (Å²) in [6.45, 7) is 4.73. The lowest BCUT2D eigenvalue weighted by Gasteiger charge is -2.44. The molecule has 4 unspecified atom stereocenters. The molecule has 4 aliphatic rings. The van der Waals surface area contributed by atoms with Crippen molar-refractivity contribution in [2.45, 2.75) is 42.5 Å². The highest BCUT2D eigenvalue weighted by atomic mass is 35.5. The van der Waals surface area contributed by atoms with Crippen LogP contribution in [0.2, 0.25) is 30.7 Å². The van der Waals surface area contributed by atoms with Gasteiger partial charge < -0.3 is 5.32 Å². The van der Waals surface area contributed by atoms with Crippen molar-refractivity contribution in [1.29, 1.82) is 0 Å². The van der Waals surface area contributed by atoms with Gasteiger partial charge in [-0.3, -0.25) is 24.2 Å². The molecule has 6 rings (SSSR count). The Morgan fingerprint density at radius 2 is 1.53 bits per heavy atom. The smallest absolute Gasteiger partial charge is 0.250 e. The van der Waals surface area contributed by atoms with Crippen LogP contribution in [0.4, 0.5) is 11.4 Å². The third kappa shape index (κ3) is 2.60. The van der Waals surface area contributed by atoms with E-state index in [9.17, 15) is 14.4 Å². The van der Waals surface area contributed by atoms with Gasteiger partial charge in [-0.25, -0.2) is 0 Å². The lowest BCUT2D eigenvalue weighted by Crippen LogP contribution is -2.57. The zero-order chi connectivity index (χ0) is 26.2. The van der Waals surface area contributed by atoms with Crippen LogP contribution in [0, 0.1) is 5.41 Å². The number of halogens is 4. The Morgan fingerprint density at radius 3 is 2.17 bits per heavy atom. The minimum Gasteiger partial charge on any atom is -0.323 e. The average molecular weight is 563 g/mol. The van der Waals surface area contributed by atoms with Crippen molar-refractivity contribution in [2.24, 2.45) is 5.41 Å². The fourth-order valence-electron chi connectivity index (χ4n) is 7.41. The fourth-order valence-corrected chi connectivity index (χ4v) is 8.47. The van der Waals surface area contributed by atoms with E-state index < -0.39 is 22.1 Å². The topological polar surface area (TPSA) is 69.7 Å². The number of benzene rings is 2. The molecule has 36 heavy (non-hydrogen) atoms. The molecule has 2 aromatic carbocycles. The van der Waals surface area contributed by atoms with Crippen molar-refractivity contribution >= 4 is 91.2 Å². The molecule has 4 heterocycles. The van der Waals surface area contributed by atoms with E-state index in [1.165, 1.54) is 18.2 Å². The first-order chi connectivity index (χ1) is 16.7. The molecule has 3 saturated heterocycles. The predicted octanol–water partition coefficient (Wildman–Crippen LogP) is 3.72. The molecule has 3 amide bonds. The third-order valence-corrected chi connectivity index (χ3v) is 9.93. The fraction of sp³-hybridized carbons (Fsp3) is 0.375. The first kappa shape index (κ1) is 24.6. The van der Waals surface area contributed by atoms with Crippen LogP contribution in [0.5, 0.6) is 0 Å². The third-order valence-electron chi connectivity index (χ3n) is 8.98. The Morgan fingerprint density at radius 1 is 0.917 bits per heavy atom. The van der Waals surface area contributed by atoms with E-state index in [1.54, 1.807) is 20.0 Å². The summed E-state index contributed by atoms with van der Waals surface area (Å²) in [5.74, 6) is -1.25. The summed E-state index contributed by atoms with van der Waals surface area (Å²) < 4.78 is 0. The zero-order valence-corrected chi connectivity index (χ0v) is 23.0. The minimum atomic E-state index is -1.49. The molecule has 1 spiro atoms. The van der Waals surface area contributed by atoms with Crippen LogP contribution in [0.25, 0.3) is 0 Å². The highest BCUT2D eigenvalue weighted by molar-refractivity contribution is 6.56. The number of amides is 3. The maximum absolute atomic E-state index is 14.6. The van der Waals surface area contributed by atoms with Gasteiger partial charge in [-0.1, -0.05) is 60.3 Å². The minimum absolute atomic E-state index is 0.205. The SMILES string of the molecule is BC12C(=O)N(c3cc(Cl)cc(Cl)c3)C(=O)C1(B)C1(C(=O)Nc3c(Cl)cc(Cl)cc31)N1CC(C)(C)CC12. The number of carbonyl (C=O) groups is 3. The van der Waals surface area contributed by atoms with Gasteiger partial charge >= 0.3 is 0 Å². The molecule has 6 nitrogen and oxygen atoms in total. The molecule has 4 atom stereocenters. The molecular formula is C24H21B2Cl4N3O3. The van der Waals surface area contributed by atoms with Crippen LogP contribution in [0.15, 0.2) is 30.3 Å². The number of hydrogen-bond acceptors (Lipinski definition) is 4. The van der Waals surface area contributed by atoms with E-state index in [2.05, 4.69) is 24.1 Å². The number of nitrogens with zero attached hydrogens (tertiary/aromatic N) is 2. The quantitative estimate of drug-likeness (QED) is 0.425. The number of hydrogen-bond donors (Lipinski definition) is 1. The number of carbonyl (C=O) groups excluding carboxylic acids is 3. The van der Waals surface area contributed by atoms with Crippen LogP contribution in [-0.4, -0.2) is 50.9 Å². The molecule has 0 aromatic heterocycles. The Bertz CT molecular complexity index is 1420. The lowest BCUT2D eigenvalue weighted by atomic mass is 9.39. The zero-order valence-electron chi connectivity index (χ0n) is 20.0. The molecule has 4 aliphatic heterocycles. The van der Waals surface area contributed by atoms with Gasteiger partial charge in [0.05, 0.1) is 21.7 Å². The summed E-state index contributed by atoms with van der Waals surface area (Å²) in [5.41, 5.74) is -0.478. The molecule has 12 heteroatoms. The van der Waals surface area contributed by atoms with Crippen LogP contribution in [0.1, 0.15) is 25.8 Å². The normalized spacial score (nSPS) is 34.3. The molecule has 2 aromatic rings. The van der Waals surface area contributed by atoms with Crippen molar-refractivity contribution in [1.82, 2.24) is 4.90 Å². The monoisotopic (exact) mass is 561 g/mol. The van der Waals surface area contributed by atoms with Gasteiger partial charge in [0, 0.05) is 38.5 Å². The Balaban J connectivity index is 1.69. The maximum Gasteiger partial charge on any atom is 0.250 e. The number of anilines is 2. The molecule has 0 saturated carbocycles. The van der Waals surface area contributed by atoms with Crippen LogP contribution in [-0.2, 0) is 19.9 Å². The maximum atomic E-state index is 14.6. The van der Waals surface area contributed by atoms with Gasteiger partial charge in [0.25, 0.3) is 0 Å². The first-order valence-corrected chi connectivity index (χ1v) is 13.1. The van der Waals surface area contributed by atoms with Gasteiger partial charge in [-0.2, -0.15) is 0 Å². The average Bonchev–Trinajstić information content (AvgIpc) is 3.34. The van der Waals surface area contributed by atoms with Crippen molar-refractivity contribution in [3.63, 3.8) is 0 Å². The van der Waals surface area contributed by atoms with Gasteiger partial charge in [-0.05, 0) is 42.2 Å². The van der Waals surface area contributed by atoms with Gasteiger partial charge in [0.15, 0.2) is 0 Å². The summed E-state index contributed by atoms with van der Waals surface area (Å²) in [6, 6.07) is 7.48. The molecular weight excluding hydrogens is 542 g/mol. The highest BCUT2D eigenvalue weighted by Crippen LogP contribution is 2.78. The Hall–Kier alpha value is -1.70. The van der Waals surface area contributed by atoms with Gasteiger partial charge in [0.1, 0.15) is 21.2 Å². The van der Waals surface area contributed by atoms with Crippen LogP contribution >= 0.6 is 46.4 Å². The first-order valence-electron chi connectivity index (χ1n) is 11.6. The van der Waals surface area contributed by atoms with E-state index >= 15 is 0 Å². The van der Waals surface area contributed by atoms with Crippen molar-refractivity contribution in [2.75, 3.05) is 16.8 Å². The predicted molar refractivity (Wildman–Crippen MR) is 147 cm³/mol. The summed E-state index contributed by atoms with van der Waals surface area (Å²) in [6.07, 6.45) is 0.626. The number of nitrogens with one attached hydrogen (secondary N) is 1. The van der Waals surface area contributed by atoms with Crippen molar-refractivity contribution in [3.8, 4) is 0 Å². The largest absolute Gasteiger partial charge is 0.323 e. The molecule has 0 aliphatic carbocycles. The molecule has 3 fully saturated rings. The van der Waals surface area contributed by atoms with Crippen molar-refractivity contribution < 1.29 is 14.4 Å². The number of imide groups is 1. The van der Waals surface area contributed by atoms with E-state index in [4.69, 9.17) is 46.4 Å². The number of rotatable bonds is 1. The lowest BCUT2D eigenvalue weighted by molar-refractivity contribution is -0.134. The van der Waals surface area contributed by atoms with Gasteiger partial charge in [-0.15, -0.1) is 0 Å². The Labute approximate surface area is 230 Å². The van der Waals surface area contributed by atoms with Crippen molar-refractivity contribution in [3.05, 3.63) is 56.0 Å². The summed E-state index contributed by atoms with van der Waals surface area (Å²) in [7, 11) is 3.54. The number of fused-ring (bicyclic) bond motifs is 7. The second-order valence-corrected chi connectivity index (χ2v) is 13.1. The Kier molecular flexibility index (Phi) is 4.95. The van der Waals surface area contributed by atoms with E-state index in [0.717, 1.165) is 4.90 Å². The molecule has 1 N–H and O–H groups in total. The van der Waals surface area contributed by atoms with E-state index in [-0.39, 0.29) is 34.0 Å². The molecule has 0 radical (unpaired) electrons. The standard InChI is InChI=1S/C24H21B2Cl4N3O3/c1-21(2)8-16-22(25)19(35)33(13-4-10(27)3-11(28)5-13)20(36)24(22,26)23(32(16)9-21)14-6-12(29)7-15(30)17(14)31-18(23)34/h3-7,16H,8-9,25-26H2,1-2H3,(H,31,34). The molecule has 0 bridgehead atoms. The second-order valence-electron chi connectivity index (χ2n) is 11.4. The van der Waals surface area contributed by atoms with E-state index in [1.807, 2.05) is 7.85 Å². The van der Waals surface area contributed by atoms with Crippen LogP contribution < -0.4 is 10.2 Å². The highest BCUT2D eigenvalue weighted by Gasteiger charge is 2.86. The summed E-state index contributed by atoms with van der Waals surface area (Å²) in [4.78, 5) is 46.4. The molecule has 184 valence electrons. The summed E-state index contributed by atoms with van der Waals surface area (Å²) in [5, 5.41) is 1.44. The second kappa shape index (κ2) is 7.23.